The molecule has 1 amide bonds. The van der Waals surface area contributed by atoms with E-state index in [1.165, 1.54) is 0 Å². The molecule has 2 aromatic rings. The molecule has 4 nitrogen and oxygen atoms in total. The van der Waals surface area contributed by atoms with Gasteiger partial charge >= 0.3 is 0 Å². The number of carbonyl (C=O) groups excluding carboxylic acids is 1. The zero-order chi connectivity index (χ0) is 16.1. The van der Waals surface area contributed by atoms with Crippen molar-refractivity contribution in [3.8, 4) is 0 Å². The van der Waals surface area contributed by atoms with Crippen LogP contribution in [0.15, 0.2) is 76.7 Å². The van der Waals surface area contributed by atoms with Crippen molar-refractivity contribution >= 4 is 28.6 Å². The largest absolute Gasteiger partial charge is 0.361 e. The van der Waals surface area contributed by atoms with E-state index in [1.54, 1.807) is 0 Å². The topological polar surface area (TPSA) is 57.2 Å². The average Bonchev–Trinajstić information content (AvgIpc) is 3.30. The van der Waals surface area contributed by atoms with Crippen LogP contribution in [0.4, 0.5) is 0 Å². The summed E-state index contributed by atoms with van der Waals surface area (Å²) in [4.78, 5) is 20.3. The third kappa shape index (κ3) is 1.86. The smallest absolute Gasteiger partial charge is 0.256 e. The van der Waals surface area contributed by atoms with Gasteiger partial charge in [0.05, 0.1) is 5.57 Å². The van der Waals surface area contributed by atoms with Crippen molar-refractivity contribution in [3.05, 3.63) is 77.3 Å². The fourth-order valence-electron chi connectivity index (χ4n) is 3.61. The Hall–Kier alpha value is -3.14. The van der Waals surface area contributed by atoms with Crippen molar-refractivity contribution in [1.82, 2.24) is 10.3 Å². The Balaban J connectivity index is 1.62. The summed E-state index contributed by atoms with van der Waals surface area (Å²) in [5.41, 5.74) is 5.71. The van der Waals surface area contributed by atoms with Gasteiger partial charge in [-0.1, -0.05) is 30.4 Å². The van der Waals surface area contributed by atoms with Crippen LogP contribution < -0.4 is 5.32 Å². The number of aromatic nitrogens is 1. The molecule has 0 fully saturated rings. The van der Waals surface area contributed by atoms with Crippen LogP contribution in [-0.4, -0.2) is 17.1 Å². The molecule has 1 aliphatic carbocycles. The highest BCUT2D eigenvalue weighted by atomic mass is 16.1. The molecular weight excluding hydrogens is 298 g/mol. The van der Waals surface area contributed by atoms with Crippen molar-refractivity contribution in [2.45, 2.75) is 6.42 Å². The fourth-order valence-corrected chi connectivity index (χ4v) is 3.61. The van der Waals surface area contributed by atoms with E-state index < -0.39 is 0 Å². The second-order valence-electron chi connectivity index (χ2n) is 6.20. The molecule has 5 rings (SSSR count). The maximum atomic E-state index is 12.5. The Morgan fingerprint density at radius 1 is 1.21 bits per heavy atom. The molecule has 1 atom stereocenters. The Morgan fingerprint density at radius 3 is 3.08 bits per heavy atom. The lowest BCUT2D eigenvalue weighted by Gasteiger charge is -2.14. The molecule has 3 aliphatic rings. The van der Waals surface area contributed by atoms with Gasteiger partial charge in [0, 0.05) is 51.8 Å². The number of rotatable bonds is 1. The summed E-state index contributed by atoms with van der Waals surface area (Å²) < 4.78 is 0. The lowest BCUT2D eigenvalue weighted by Crippen LogP contribution is -2.19. The van der Waals surface area contributed by atoms with E-state index >= 15 is 0 Å². The van der Waals surface area contributed by atoms with Crippen molar-refractivity contribution in [2.24, 2.45) is 10.9 Å². The van der Waals surface area contributed by atoms with Gasteiger partial charge in [-0.05, 0) is 24.6 Å². The number of aliphatic imine (C=N–C) groups is 1. The summed E-state index contributed by atoms with van der Waals surface area (Å²) in [5, 5.41) is 4.09. The van der Waals surface area contributed by atoms with Crippen molar-refractivity contribution in [2.75, 3.05) is 0 Å². The molecule has 4 heteroatoms. The highest BCUT2D eigenvalue weighted by molar-refractivity contribution is 6.26. The Kier molecular flexibility index (Phi) is 2.73. The van der Waals surface area contributed by atoms with Crippen LogP contribution in [0.25, 0.3) is 16.5 Å². The molecule has 116 valence electrons. The van der Waals surface area contributed by atoms with Gasteiger partial charge in [-0.2, -0.15) is 0 Å². The predicted molar refractivity (Wildman–Crippen MR) is 95.3 cm³/mol. The monoisotopic (exact) mass is 313 g/mol. The third-order valence-corrected chi connectivity index (χ3v) is 4.83. The summed E-state index contributed by atoms with van der Waals surface area (Å²) >= 11 is 0. The molecule has 1 aromatic heterocycles. The fraction of sp³-hybridized carbons (Fsp3) is 0.100. The van der Waals surface area contributed by atoms with Gasteiger partial charge in [0.15, 0.2) is 0 Å². The van der Waals surface area contributed by atoms with Crippen molar-refractivity contribution in [3.63, 3.8) is 0 Å². The first-order chi connectivity index (χ1) is 11.8. The van der Waals surface area contributed by atoms with E-state index in [9.17, 15) is 4.79 Å². The number of H-pyrrole nitrogens is 1. The molecule has 0 spiro atoms. The number of hydrogen-bond donors (Lipinski definition) is 2. The van der Waals surface area contributed by atoms with E-state index in [0.717, 1.165) is 39.9 Å². The van der Waals surface area contributed by atoms with Crippen LogP contribution in [0.5, 0.6) is 0 Å². The summed E-state index contributed by atoms with van der Waals surface area (Å²) in [7, 11) is 0. The van der Waals surface area contributed by atoms with Crippen LogP contribution in [0.2, 0.25) is 0 Å². The highest BCUT2D eigenvalue weighted by Crippen LogP contribution is 2.37. The Bertz CT molecular complexity index is 1030. The first-order valence-electron chi connectivity index (χ1n) is 8.06. The van der Waals surface area contributed by atoms with Gasteiger partial charge in [-0.3, -0.25) is 9.79 Å². The van der Waals surface area contributed by atoms with E-state index in [-0.39, 0.29) is 11.8 Å². The van der Waals surface area contributed by atoms with Crippen LogP contribution in [0.1, 0.15) is 12.0 Å². The van der Waals surface area contributed by atoms with Gasteiger partial charge in [0.2, 0.25) is 0 Å². The van der Waals surface area contributed by atoms with E-state index in [1.807, 2.05) is 54.9 Å². The maximum Gasteiger partial charge on any atom is 0.256 e. The number of aromatic amines is 1. The van der Waals surface area contributed by atoms with Gasteiger partial charge in [-0.15, -0.1) is 0 Å². The number of hydrogen-bond acceptors (Lipinski definition) is 2. The van der Waals surface area contributed by atoms with E-state index in [0.29, 0.717) is 5.57 Å². The summed E-state index contributed by atoms with van der Waals surface area (Å²) in [6.45, 7) is 0. The summed E-state index contributed by atoms with van der Waals surface area (Å²) in [5.74, 6) is 0.198. The lowest BCUT2D eigenvalue weighted by atomic mass is 9.91. The van der Waals surface area contributed by atoms with Crippen LogP contribution in [0, 0.1) is 5.92 Å². The molecule has 3 heterocycles. The number of benzene rings is 1. The van der Waals surface area contributed by atoms with Crippen molar-refractivity contribution in [1.29, 1.82) is 0 Å². The second kappa shape index (κ2) is 4.93. The molecule has 0 saturated heterocycles. The standard InChI is InChI=1S/C20H15N3O/c24-20-14(15-10-21-17-7-3-1-5-12(15)17)9-19(23-20)16-11-22-18-8-4-2-6-13(16)18/h1-5,7-11,13,21H,6H2,(H,23,24)/b19-16-. The first-order valence-corrected chi connectivity index (χ1v) is 8.06. The minimum Gasteiger partial charge on any atom is -0.361 e. The maximum absolute atomic E-state index is 12.5. The summed E-state index contributed by atoms with van der Waals surface area (Å²) in [6.07, 6.45) is 12.9. The Morgan fingerprint density at radius 2 is 2.12 bits per heavy atom. The van der Waals surface area contributed by atoms with Gasteiger partial charge in [0.25, 0.3) is 5.91 Å². The van der Waals surface area contributed by atoms with Gasteiger partial charge < -0.3 is 10.3 Å². The van der Waals surface area contributed by atoms with Gasteiger partial charge in [0.1, 0.15) is 0 Å². The second-order valence-corrected chi connectivity index (χ2v) is 6.20. The number of para-hydroxylation sites is 1. The molecule has 0 bridgehead atoms. The van der Waals surface area contributed by atoms with Gasteiger partial charge in [-0.25, -0.2) is 0 Å². The number of amides is 1. The molecule has 1 aromatic carbocycles. The summed E-state index contributed by atoms with van der Waals surface area (Å²) in [6, 6.07) is 8.02. The molecule has 1 unspecified atom stereocenters. The third-order valence-electron chi connectivity index (χ3n) is 4.83. The van der Waals surface area contributed by atoms with Crippen LogP contribution >= 0.6 is 0 Å². The molecular formula is C20H15N3O. The van der Waals surface area contributed by atoms with E-state index in [2.05, 4.69) is 21.4 Å². The molecule has 2 aliphatic heterocycles. The van der Waals surface area contributed by atoms with E-state index in [4.69, 9.17) is 0 Å². The molecule has 0 saturated carbocycles. The number of nitrogens with one attached hydrogen (secondary N) is 2. The SMILES string of the molecule is O=C1N/C(=C2/C=NC3=CC=CCC32)C=C1c1c[nH]c2ccccc12. The molecule has 2 N–H and O–H groups in total. The molecule has 24 heavy (non-hydrogen) atoms. The minimum atomic E-state index is -0.0561. The quantitative estimate of drug-likeness (QED) is 0.832. The number of fused-ring (bicyclic) bond motifs is 2. The lowest BCUT2D eigenvalue weighted by molar-refractivity contribution is -0.114. The average molecular weight is 313 g/mol. The Labute approximate surface area is 139 Å². The molecule has 0 radical (unpaired) electrons. The van der Waals surface area contributed by atoms with Crippen LogP contribution in [-0.2, 0) is 4.79 Å². The van der Waals surface area contributed by atoms with Crippen LogP contribution in [0.3, 0.4) is 0 Å². The van der Waals surface area contributed by atoms with Crippen molar-refractivity contribution < 1.29 is 4.79 Å². The zero-order valence-electron chi connectivity index (χ0n) is 12.9. The number of nitrogens with zero attached hydrogens (tertiary/aromatic N) is 1. The normalized spacial score (nSPS) is 25.0. The number of carbonyl (C=O) groups is 1. The zero-order valence-corrected chi connectivity index (χ0v) is 12.9. The highest BCUT2D eigenvalue weighted by Gasteiger charge is 2.30. The minimum absolute atomic E-state index is 0.0561. The predicted octanol–water partition coefficient (Wildman–Crippen LogP) is 3.48. The first kappa shape index (κ1) is 13.3. The number of allylic oxidation sites excluding steroid dienone is 5.